The van der Waals surface area contributed by atoms with E-state index in [0.717, 1.165) is 18.2 Å². The Bertz CT molecular complexity index is 1330. The van der Waals surface area contributed by atoms with E-state index in [9.17, 15) is 31.9 Å². The van der Waals surface area contributed by atoms with Crippen LogP contribution in [0.15, 0.2) is 48.9 Å². The van der Waals surface area contributed by atoms with Crippen molar-refractivity contribution in [1.82, 2.24) is 24.9 Å². The first-order valence-electron chi connectivity index (χ1n) is 12.1. The Labute approximate surface area is 216 Å². The van der Waals surface area contributed by atoms with Crippen LogP contribution in [-0.4, -0.2) is 63.6 Å². The zero-order valence-corrected chi connectivity index (χ0v) is 20.7. The molecule has 2 aromatic heterocycles. The van der Waals surface area contributed by atoms with Gasteiger partial charge >= 0.3 is 6.43 Å². The molecule has 4 rings (SSSR count). The predicted molar refractivity (Wildman–Crippen MR) is 130 cm³/mol. The fourth-order valence-electron chi connectivity index (χ4n) is 4.78. The molecule has 3 heterocycles. The summed E-state index contributed by atoms with van der Waals surface area (Å²) < 4.78 is 55.4. The van der Waals surface area contributed by atoms with Crippen LogP contribution in [0.2, 0.25) is 0 Å². The van der Waals surface area contributed by atoms with Crippen LogP contribution in [0.3, 0.4) is 0 Å². The second-order valence-corrected chi connectivity index (χ2v) is 9.59. The largest absolute Gasteiger partial charge is 0.349 e. The number of alkyl halides is 2. The van der Waals surface area contributed by atoms with Gasteiger partial charge in [0.25, 0.3) is 11.8 Å². The Morgan fingerprint density at radius 2 is 1.76 bits per heavy atom. The third kappa shape index (κ3) is 5.79. The number of rotatable bonds is 7. The fraction of sp³-hybridized carbons (Fsp3) is 0.385. The van der Waals surface area contributed by atoms with Crippen LogP contribution >= 0.6 is 0 Å². The van der Waals surface area contributed by atoms with Gasteiger partial charge in [0, 0.05) is 25.1 Å². The predicted octanol–water partition coefficient (Wildman–Crippen LogP) is 3.13. The molecule has 0 saturated carbocycles. The first-order valence-corrected chi connectivity index (χ1v) is 12.1. The first-order chi connectivity index (χ1) is 18.0. The maximum atomic E-state index is 14.1. The van der Waals surface area contributed by atoms with Gasteiger partial charge in [-0.3, -0.25) is 18.8 Å². The zero-order chi connectivity index (χ0) is 27.6. The van der Waals surface area contributed by atoms with Gasteiger partial charge in [0.1, 0.15) is 23.4 Å². The van der Waals surface area contributed by atoms with Crippen molar-refractivity contribution in [3.63, 3.8) is 0 Å². The molecule has 0 aliphatic carbocycles. The monoisotopic (exact) mass is 533 g/mol. The molecule has 0 unspecified atom stereocenters. The van der Waals surface area contributed by atoms with Crippen molar-refractivity contribution in [3.8, 4) is 0 Å². The number of carbonyl (C=O) groups excluding carboxylic acids is 3. The van der Waals surface area contributed by atoms with Gasteiger partial charge in [-0.15, -0.1) is 0 Å². The number of hydrogen-bond donors (Lipinski definition) is 2. The molecule has 3 amide bonds. The molecule has 0 bridgehead atoms. The molecule has 202 valence electrons. The Balaban J connectivity index is 1.62. The SMILES string of the molecule is CC(C)[C@H](NC(=O)C(F)F)C(=O)N[C@@H]1CN(C(=O)c2cccc3cncn23)CC[C@H]1c1cc(F)cc(F)c1. The number of benzene rings is 1. The molecule has 3 aromatic rings. The molecule has 3 atom stereocenters. The summed E-state index contributed by atoms with van der Waals surface area (Å²) in [7, 11) is 0. The van der Waals surface area contributed by atoms with E-state index in [-0.39, 0.29) is 31.0 Å². The maximum absolute atomic E-state index is 14.1. The van der Waals surface area contributed by atoms with E-state index in [0.29, 0.717) is 11.2 Å². The van der Waals surface area contributed by atoms with Crippen molar-refractivity contribution < 1.29 is 31.9 Å². The van der Waals surface area contributed by atoms with E-state index < -0.39 is 53.8 Å². The molecule has 2 N–H and O–H groups in total. The van der Waals surface area contributed by atoms with E-state index in [2.05, 4.69) is 10.3 Å². The summed E-state index contributed by atoms with van der Waals surface area (Å²) in [6.45, 7) is 3.37. The lowest BCUT2D eigenvalue weighted by molar-refractivity contribution is -0.137. The minimum Gasteiger partial charge on any atom is -0.349 e. The van der Waals surface area contributed by atoms with E-state index in [1.165, 1.54) is 11.2 Å². The molecule has 1 fully saturated rings. The molecule has 1 aliphatic heterocycles. The number of hydrogen-bond acceptors (Lipinski definition) is 4. The molecule has 1 saturated heterocycles. The number of aromatic nitrogens is 2. The average molecular weight is 534 g/mol. The number of pyridine rings is 1. The molecular weight excluding hydrogens is 506 g/mol. The van der Waals surface area contributed by atoms with Gasteiger partial charge in [0.05, 0.1) is 24.1 Å². The van der Waals surface area contributed by atoms with Crippen LogP contribution in [0.5, 0.6) is 0 Å². The lowest BCUT2D eigenvalue weighted by Crippen LogP contribution is -2.58. The molecule has 38 heavy (non-hydrogen) atoms. The molecule has 1 aromatic carbocycles. The Morgan fingerprint density at radius 1 is 1.05 bits per heavy atom. The Morgan fingerprint density at radius 3 is 2.42 bits per heavy atom. The van der Waals surface area contributed by atoms with Crippen LogP contribution in [0.4, 0.5) is 17.6 Å². The number of nitrogens with one attached hydrogen (secondary N) is 2. The number of piperidine rings is 1. The van der Waals surface area contributed by atoms with Gasteiger partial charge in [0.15, 0.2) is 0 Å². The van der Waals surface area contributed by atoms with Crippen molar-refractivity contribution in [2.75, 3.05) is 13.1 Å². The number of amides is 3. The van der Waals surface area contributed by atoms with Gasteiger partial charge in [-0.2, -0.15) is 8.78 Å². The second kappa shape index (κ2) is 11.2. The van der Waals surface area contributed by atoms with Gasteiger partial charge < -0.3 is 15.5 Å². The van der Waals surface area contributed by atoms with Crippen molar-refractivity contribution in [2.45, 2.75) is 44.7 Å². The number of likely N-dealkylation sites (tertiary alicyclic amines) is 1. The van der Waals surface area contributed by atoms with Gasteiger partial charge in [-0.05, 0) is 42.2 Å². The van der Waals surface area contributed by atoms with E-state index in [1.807, 2.05) is 5.32 Å². The average Bonchev–Trinajstić information content (AvgIpc) is 3.34. The minimum absolute atomic E-state index is 0.0218. The summed E-state index contributed by atoms with van der Waals surface area (Å²) in [4.78, 5) is 43.8. The van der Waals surface area contributed by atoms with Crippen molar-refractivity contribution in [3.05, 3.63) is 71.8 Å². The first kappa shape index (κ1) is 27.1. The summed E-state index contributed by atoms with van der Waals surface area (Å²) >= 11 is 0. The smallest absolute Gasteiger partial charge is 0.315 e. The minimum atomic E-state index is -3.30. The van der Waals surface area contributed by atoms with E-state index >= 15 is 0 Å². The van der Waals surface area contributed by atoms with Crippen LogP contribution in [0, 0.1) is 17.6 Å². The highest BCUT2D eigenvalue weighted by molar-refractivity contribution is 5.94. The highest BCUT2D eigenvalue weighted by Gasteiger charge is 2.37. The number of nitrogens with zero attached hydrogens (tertiary/aromatic N) is 3. The number of imidazole rings is 1. The highest BCUT2D eigenvalue weighted by atomic mass is 19.3. The van der Waals surface area contributed by atoms with Gasteiger partial charge in [-0.25, -0.2) is 13.8 Å². The second-order valence-electron chi connectivity index (χ2n) is 9.59. The molecular formula is C26H27F4N5O3. The standard InChI is InChI=1S/C26H27F4N5O3/c1-14(2)22(33-25(37)23(29)30)24(36)32-20-12-34(7-6-19(20)15-8-16(27)10-17(28)9-15)26(38)21-5-3-4-18-11-31-13-35(18)21/h3-5,8-11,13-14,19-20,22-23H,6-7,12H2,1-2H3,(H,32,36)(H,33,37)/t19-,20+,22-/m0/s1. The summed E-state index contributed by atoms with van der Waals surface area (Å²) in [5.74, 6) is -5.38. The van der Waals surface area contributed by atoms with E-state index in [4.69, 9.17) is 0 Å². The quantitative estimate of drug-likeness (QED) is 0.457. The van der Waals surface area contributed by atoms with Crippen LogP contribution < -0.4 is 10.6 Å². The van der Waals surface area contributed by atoms with Crippen LogP contribution in [0.1, 0.15) is 42.2 Å². The van der Waals surface area contributed by atoms with Crippen molar-refractivity contribution >= 4 is 23.2 Å². The summed E-state index contributed by atoms with van der Waals surface area (Å²) in [6, 6.07) is 6.08. The number of halogens is 4. The lowest BCUT2D eigenvalue weighted by Gasteiger charge is -2.40. The van der Waals surface area contributed by atoms with Crippen molar-refractivity contribution in [2.24, 2.45) is 5.92 Å². The molecule has 0 spiro atoms. The lowest BCUT2D eigenvalue weighted by atomic mass is 9.84. The summed E-state index contributed by atoms with van der Waals surface area (Å²) in [6.07, 6.45) is 0.0588. The van der Waals surface area contributed by atoms with Crippen LogP contribution in [0.25, 0.3) is 5.52 Å². The molecule has 12 heteroatoms. The molecule has 1 aliphatic rings. The van der Waals surface area contributed by atoms with E-state index in [1.54, 1.807) is 42.6 Å². The van der Waals surface area contributed by atoms with Crippen molar-refractivity contribution in [1.29, 1.82) is 0 Å². The third-order valence-corrected chi connectivity index (χ3v) is 6.65. The molecule has 8 nitrogen and oxygen atoms in total. The highest BCUT2D eigenvalue weighted by Crippen LogP contribution is 2.31. The topological polar surface area (TPSA) is 95.8 Å². The van der Waals surface area contributed by atoms with Crippen LogP contribution in [-0.2, 0) is 9.59 Å². The third-order valence-electron chi connectivity index (χ3n) is 6.65. The Kier molecular flexibility index (Phi) is 7.98. The normalized spacial score (nSPS) is 18.6. The van der Waals surface area contributed by atoms with Gasteiger partial charge in [-0.1, -0.05) is 19.9 Å². The fourth-order valence-corrected chi connectivity index (χ4v) is 4.78. The Hall–Kier alpha value is -3.96. The zero-order valence-electron chi connectivity index (χ0n) is 20.7. The summed E-state index contributed by atoms with van der Waals surface area (Å²) in [5.41, 5.74) is 1.33. The summed E-state index contributed by atoms with van der Waals surface area (Å²) in [5, 5.41) is 4.79. The van der Waals surface area contributed by atoms with Gasteiger partial charge in [0.2, 0.25) is 5.91 Å². The number of fused-ring (bicyclic) bond motifs is 1. The number of carbonyl (C=O) groups is 3. The maximum Gasteiger partial charge on any atom is 0.315 e. The molecule has 0 radical (unpaired) electrons.